The van der Waals surface area contributed by atoms with E-state index in [4.69, 9.17) is 11.6 Å². The smallest absolute Gasteiger partial charge is 0.230 e. The Labute approximate surface area is 129 Å². The van der Waals surface area contributed by atoms with E-state index in [9.17, 15) is 4.79 Å². The van der Waals surface area contributed by atoms with Crippen LogP contribution in [0.1, 0.15) is 31.2 Å². The Hall–Kier alpha value is -0.670. The van der Waals surface area contributed by atoms with Crippen molar-refractivity contribution in [3.63, 3.8) is 0 Å². The largest absolute Gasteiger partial charge is 0.352 e. The molecule has 2 fully saturated rings. The molecule has 0 heterocycles. The van der Waals surface area contributed by atoms with Crippen LogP contribution in [-0.2, 0) is 10.5 Å². The van der Waals surface area contributed by atoms with E-state index in [0.29, 0.717) is 11.8 Å². The number of hydrogen-bond acceptors (Lipinski definition) is 2. The van der Waals surface area contributed by atoms with Crippen molar-refractivity contribution < 1.29 is 4.79 Å². The molecular formula is C16H20ClNOS. The molecule has 3 atom stereocenters. The standard InChI is InChI=1S/C16H20ClNOS/c17-14-5-2-11(3-6-14)9-20-10-16(19)18-15-8-12-1-4-13(15)7-12/h2-3,5-6,12-13,15H,1,4,7-10H2,(H,18,19)/t12-,13-,15+/m0/s1. The summed E-state index contributed by atoms with van der Waals surface area (Å²) in [5.74, 6) is 3.25. The minimum absolute atomic E-state index is 0.196. The van der Waals surface area contributed by atoms with Crippen molar-refractivity contribution in [1.82, 2.24) is 5.32 Å². The predicted octanol–water partition coefficient (Wildman–Crippen LogP) is 3.88. The SMILES string of the molecule is O=C(CSCc1ccc(Cl)cc1)N[C@@H]1C[C@H]2CC[C@H]1C2. The van der Waals surface area contributed by atoms with E-state index in [2.05, 4.69) is 5.32 Å². The fraction of sp³-hybridized carbons (Fsp3) is 0.562. The van der Waals surface area contributed by atoms with Gasteiger partial charge < -0.3 is 5.32 Å². The van der Waals surface area contributed by atoms with E-state index in [1.165, 1.54) is 31.2 Å². The maximum atomic E-state index is 12.0. The molecule has 0 aliphatic heterocycles. The molecule has 0 spiro atoms. The van der Waals surface area contributed by atoms with E-state index in [1.54, 1.807) is 11.8 Å². The van der Waals surface area contributed by atoms with Crippen LogP contribution in [0.25, 0.3) is 0 Å². The minimum atomic E-state index is 0.196. The summed E-state index contributed by atoms with van der Waals surface area (Å²) in [5, 5.41) is 3.98. The second kappa shape index (κ2) is 6.40. The summed E-state index contributed by atoms with van der Waals surface area (Å²) < 4.78 is 0. The molecule has 1 amide bonds. The number of fused-ring (bicyclic) bond motifs is 2. The van der Waals surface area contributed by atoms with Gasteiger partial charge in [0.25, 0.3) is 0 Å². The molecule has 0 unspecified atom stereocenters. The monoisotopic (exact) mass is 309 g/mol. The third kappa shape index (κ3) is 3.50. The fourth-order valence-electron chi connectivity index (χ4n) is 3.51. The molecule has 108 valence electrons. The van der Waals surface area contributed by atoms with Gasteiger partial charge >= 0.3 is 0 Å². The van der Waals surface area contributed by atoms with E-state index >= 15 is 0 Å². The minimum Gasteiger partial charge on any atom is -0.352 e. The molecule has 0 aromatic heterocycles. The summed E-state index contributed by atoms with van der Waals surface area (Å²) in [4.78, 5) is 12.0. The highest BCUT2D eigenvalue weighted by Gasteiger charge is 2.39. The van der Waals surface area contributed by atoms with E-state index in [0.717, 1.165) is 22.6 Å². The van der Waals surface area contributed by atoms with Crippen LogP contribution in [-0.4, -0.2) is 17.7 Å². The van der Waals surface area contributed by atoms with E-state index < -0.39 is 0 Å². The van der Waals surface area contributed by atoms with Crippen LogP contribution in [0.15, 0.2) is 24.3 Å². The van der Waals surface area contributed by atoms with Gasteiger partial charge in [0, 0.05) is 16.8 Å². The first kappa shape index (κ1) is 14.3. The molecule has 2 nitrogen and oxygen atoms in total. The summed E-state index contributed by atoms with van der Waals surface area (Å²) in [5.41, 5.74) is 1.21. The first-order chi connectivity index (χ1) is 9.70. The van der Waals surface area contributed by atoms with Gasteiger partial charge in [-0.2, -0.15) is 0 Å². The molecule has 20 heavy (non-hydrogen) atoms. The second-order valence-electron chi connectivity index (χ2n) is 5.97. The first-order valence-electron chi connectivity index (χ1n) is 7.32. The van der Waals surface area contributed by atoms with Crippen molar-refractivity contribution in [3.05, 3.63) is 34.9 Å². The maximum absolute atomic E-state index is 12.0. The lowest BCUT2D eigenvalue weighted by atomic mass is 9.95. The number of rotatable bonds is 5. The van der Waals surface area contributed by atoms with Crippen LogP contribution in [0.3, 0.4) is 0 Å². The van der Waals surface area contributed by atoms with Crippen LogP contribution in [0, 0.1) is 11.8 Å². The number of benzene rings is 1. The van der Waals surface area contributed by atoms with Gasteiger partial charge in [0.1, 0.15) is 0 Å². The number of amides is 1. The number of nitrogens with one attached hydrogen (secondary N) is 1. The molecule has 2 bridgehead atoms. The van der Waals surface area contributed by atoms with Gasteiger partial charge in [0.15, 0.2) is 0 Å². The zero-order valence-electron chi connectivity index (χ0n) is 11.5. The summed E-state index contributed by atoms with van der Waals surface area (Å²) in [6.45, 7) is 0. The summed E-state index contributed by atoms with van der Waals surface area (Å²) in [6, 6.07) is 8.28. The van der Waals surface area contributed by atoms with Crippen molar-refractivity contribution in [3.8, 4) is 0 Å². The van der Waals surface area contributed by atoms with Gasteiger partial charge in [-0.3, -0.25) is 4.79 Å². The molecule has 2 aliphatic rings. The molecule has 1 aromatic rings. The average molecular weight is 310 g/mol. The van der Waals surface area contributed by atoms with Gasteiger partial charge in [-0.1, -0.05) is 30.2 Å². The maximum Gasteiger partial charge on any atom is 0.230 e. The summed E-state index contributed by atoms with van der Waals surface area (Å²) in [6.07, 6.45) is 5.23. The molecule has 2 aliphatic carbocycles. The van der Waals surface area contributed by atoms with Gasteiger partial charge in [-0.25, -0.2) is 0 Å². The predicted molar refractivity (Wildman–Crippen MR) is 85.0 cm³/mol. The number of thioether (sulfide) groups is 1. The van der Waals surface area contributed by atoms with Crippen LogP contribution < -0.4 is 5.32 Å². The second-order valence-corrected chi connectivity index (χ2v) is 7.39. The highest BCUT2D eigenvalue weighted by Crippen LogP contribution is 2.44. The third-order valence-electron chi connectivity index (χ3n) is 4.50. The molecule has 0 saturated heterocycles. The van der Waals surface area contributed by atoms with Crippen LogP contribution in [0.5, 0.6) is 0 Å². The number of hydrogen-bond donors (Lipinski definition) is 1. The number of carbonyl (C=O) groups is 1. The molecule has 1 aromatic carbocycles. The highest BCUT2D eigenvalue weighted by atomic mass is 35.5. The quantitative estimate of drug-likeness (QED) is 0.894. The van der Waals surface area contributed by atoms with E-state index in [-0.39, 0.29) is 5.91 Å². The molecule has 4 heteroatoms. The van der Waals surface area contributed by atoms with Crippen molar-refractivity contribution in [2.24, 2.45) is 11.8 Å². The van der Waals surface area contributed by atoms with Gasteiger partial charge in [-0.05, 0) is 48.8 Å². The van der Waals surface area contributed by atoms with Crippen LogP contribution >= 0.6 is 23.4 Å². The number of carbonyl (C=O) groups excluding carboxylic acids is 1. The summed E-state index contributed by atoms with van der Waals surface area (Å²) in [7, 11) is 0. The van der Waals surface area contributed by atoms with Gasteiger partial charge in [0.2, 0.25) is 5.91 Å². The van der Waals surface area contributed by atoms with Gasteiger partial charge in [-0.15, -0.1) is 11.8 Å². The Morgan fingerprint density at radius 3 is 2.70 bits per heavy atom. The molecule has 3 rings (SSSR count). The van der Waals surface area contributed by atoms with Crippen molar-refractivity contribution in [1.29, 1.82) is 0 Å². The zero-order valence-corrected chi connectivity index (χ0v) is 13.1. The zero-order chi connectivity index (χ0) is 13.9. The van der Waals surface area contributed by atoms with Crippen LogP contribution in [0.4, 0.5) is 0 Å². The van der Waals surface area contributed by atoms with Crippen LogP contribution in [0.2, 0.25) is 5.02 Å². The lowest BCUT2D eigenvalue weighted by Crippen LogP contribution is -2.39. The molecule has 1 N–H and O–H groups in total. The Bertz CT molecular complexity index is 476. The Balaban J connectivity index is 1.38. The average Bonchev–Trinajstić information content (AvgIpc) is 3.03. The van der Waals surface area contributed by atoms with E-state index in [1.807, 2.05) is 24.3 Å². The normalized spacial score (nSPS) is 27.8. The molecular weight excluding hydrogens is 290 g/mol. The third-order valence-corrected chi connectivity index (χ3v) is 5.76. The number of halogens is 1. The van der Waals surface area contributed by atoms with Gasteiger partial charge in [0.05, 0.1) is 5.75 Å². The Morgan fingerprint density at radius 2 is 2.05 bits per heavy atom. The topological polar surface area (TPSA) is 29.1 Å². The van der Waals surface area contributed by atoms with Crippen molar-refractivity contribution in [2.45, 2.75) is 37.5 Å². The van der Waals surface area contributed by atoms with Crippen molar-refractivity contribution in [2.75, 3.05) is 5.75 Å². The van der Waals surface area contributed by atoms with Crippen molar-refractivity contribution >= 4 is 29.3 Å². The first-order valence-corrected chi connectivity index (χ1v) is 8.85. The Morgan fingerprint density at radius 1 is 1.25 bits per heavy atom. The lowest BCUT2D eigenvalue weighted by Gasteiger charge is -2.22. The Kier molecular flexibility index (Phi) is 4.57. The summed E-state index contributed by atoms with van der Waals surface area (Å²) >= 11 is 7.52. The lowest BCUT2D eigenvalue weighted by molar-refractivity contribution is -0.119. The molecule has 2 saturated carbocycles. The highest BCUT2D eigenvalue weighted by molar-refractivity contribution is 7.99. The molecule has 0 radical (unpaired) electrons. The fourth-order valence-corrected chi connectivity index (χ4v) is 4.44.